The molecule has 1 N–H and O–H groups in total. The molecule has 0 saturated carbocycles. The van der Waals surface area contributed by atoms with Crippen LogP contribution in [0.2, 0.25) is 0 Å². The quantitative estimate of drug-likeness (QED) is 0.440. The second-order valence-electron chi connectivity index (χ2n) is 9.80. The molecule has 3 aromatic rings. The third-order valence-corrected chi connectivity index (χ3v) is 7.38. The van der Waals surface area contributed by atoms with E-state index in [1.165, 1.54) is 28.2 Å². The molecule has 1 aliphatic rings. The summed E-state index contributed by atoms with van der Waals surface area (Å²) >= 11 is 1.42. The molecule has 1 fully saturated rings. The van der Waals surface area contributed by atoms with E-state index in [0.29, 0.717) is 13.0 Å². The fourth-order valence-electron chi connectivity index (χ4n) is 4.50. The lowest BCUT2D eigenvalue weighted by Gasteiger charge is -2.32. The number of hydrogen-bond donors (Lipinski definition) is 1. The van der Waals surface area contributed by atoms with Crippen molar-refractivity contribution in [3.8, 4) is 0 Å². The molecule has 0 bridgehead atoms. The smallest absolute Gasteiger partial charge is 0.221 e. The van der Waals surface area contributed by atoms with Gasteiger partial charge < -0.3 is 10.2 Å². The van der Waals surface area contributed by atoms with Crippen LogP contribution in [0.15, 0.2) is 54.6 Å². The molecular weight excluding hydrogens is 454 g/mol. The van der Waals surface area contributed by atoms with Crippen molar-refractivity contribution in [1.29, 1.82) is 0 Å². The number of benzene rings is 2. The van der Waals surface area contributed by atoms with Gasteiger partial charge in [-0.15, -0.1) is 0 Å². The van der Waals surface area contributed by atoms with Crippen molar-refractivity contribution < 1.29 is 4.79 Å². The number of piperidine rings is 1. The predicted molar refractivity (Wildman–Crippen MR) is 144 cm³/mol. The molecule has 0 radical (unpaired) electrons. The molecule has 4 rings (SSSR count). The average Bonchev–Trinajstić information content (AvgIpc) is 3.30. The van der Waals surface area contributed by atoms with Crippen LogP contribution in [0.4, 0.5) is 5.13 Å². The Labute approximate surface area is 213 Å². The SMILES string of the molecule is Cc1ccc(Cc2nsc(N(CCC(=O)NC3CCN(Cc4ccccc4)CC3)C(C)C)n2)cc1. The first-order valence-electron chi connectivity index (χ1n) is 12.7. The van der Waals surface area contributed by atoms with Gasteiger partial charge in [0, 0.05) is 62.6 Å². The summed E-state index contributed by atoms with van der Waals surface area (Å²) in [6.45, 7) is 10.0. The van der Waals surface area contributed by atoms with Crippen LogP contribution in [0, 0.1) is 6.92 Å². The number of aryl methyl sites for hydroxylation is 1. The zero-order valence-electron chi connectivity index (χ0n) is 21.1. The van der Waals surface area contributed by atoms with Crippen molar-refractivity contribution in [3.63, 3.8) is 0 Å². The molecule has 1 saturated heterocycles. The van der Waals surface area contributed by atoms with Gasteiger partial charge in [0.15, 0.2) is 0 Å². The highest BCUT2D eigenvalue weighted by Crippen LogP contribution is 2.22. The Morgan fingerprint density at radius 1 is 1.09 bits per heavy atom. The van der Waals surface area contributed by atoms with Crippen LogP contribution in [0.1, 0.15) is 55.6 Å². The Bertz CT molecular complexity index is 1060. The van der Waals surface area contributed by atoms with Crippen molar-refractivity contribution >= 4 is 22.6 Å². The Morgan fingerprint density at radius 2 is 1.80 bits per heavy atom. The van der Waals surface area contributed by atoms with Crippen LogP contribution in [0.3, 0.4) is 0 Å². The number of likely N-dealkylation sites (tertiary alicyclic amines) is 1. The van der Waals surface area contributed by atoms with E-state index in [0.717, 1.165) is 49.9 Å². The summed E-state index contributed by atoms with van der Waals surface area (Å²) in [6.07, 6.45) is 3.21. The largest absolute Gasteiger partial charge is 0.353 e. The molecule has 1 amide bonds. The van der Waals surface area contributed by atoms with Gasteiger partial charge >= 0.3 is 0 Å². The minimum absolute atomic E-state index is 0.126. The molecule has 0 unspecified atom stereocenters. The number of aromatic nitrogens is 2. The number of nitrogens with one attached hydrogen (secondary N) is 1. The molecule has 0 spiro atoms. The first-order valence-corrected chi connectivity index (χ1v) is 13.4. The molecule has 2 heterocycles. The second-order valence-corrected chi connectivity index (χ2v) is 10.5. The lowest BCUT2D eigenvalue weighted by Crippen LogP contribution is -2.45. The Balaban J connectivity index is 1.23. The van der Waals surface area contributed by atoms with Gasteiger partial charge in [-0.2, -0.15) is 4.37 Å². The fourth-order valence-corrected chi connectivity index (χ4v) is 5.34. The number of hydrogen-bond acceptors (Lipinski definition) is 6. The van der Waals surface area contributed by atoms with E-state index in [2.05, 4.69) is 94.9 Å². The molecule has 0 aliphatic carbocycles. The first kappa shape index (κ1) is 25.3. The van der Waals surface area contributed by atoms with Crippen molar-refractivity contribution in [2.24, 2.45) is 0 Å². The highest BCUT2D eigenvalue weighted by atomic mass is 32.1. The van der Waals surface area contributed by atoms with Gasteiger partial charge in [0.1, 0.15) is 5.82 Å². The van der Waals surface area contributed by atoms with Crippen molar-refractivity contribution in [3.05, 3.63) is 77.1 Å². The lowest BCUT2D eigenvalue weighted by molar-refractivity contribution is -0.121. The molecular formula is C28H37N5OS. The van der Waals surface area contributed by atoms with E-state index in [1.54, 1.807) is 0 Å². The molecule has 1 aliphatic heterocycles. The van der Waals surface area contributed by atoms with Gasteiger partial charge in [-0.05, 0) is 44.7 Å². The van der Waals surface area contributed by atoms with Crippen LogP contribution in [-0.4, -0.2) is 51.9 Å². The van der Waals surface area contributed by atoms with E-state index >= 15 is 0 Å². The summed E-state index contributed by atoms with van der Waals surface area (Å²) < 4.78 is 4.58. The Hall–Kier alpha value is -2.77. The summed E-state index contributed by atoms with van der Waals surface area (Å²) in [4.78, 5) is 22.2. The fraction of sp³-hybridized carbons (Fsp3) is 0.464. The van der Waals surface area contributed by atoms with E-state index in [-0.39, 0.29) is 18.0 Å². The maximum Gasteiger partial charge on any atom is 0.221 e. The molecule has 1 aromatic heterocycles. The Morgan fingerprint density at radius 3 is 2.49 bits per heavy atom. The third-order valence-electron chi connectivity index (χ3n) is 6.59. The lowest BCUT2D eigenvalue weighted by atomic mass is 10.0. The highest BCUT2D eigenvalue weighted by Gasteiger charge is 2.22. The molecule has 35 heavy (non-hydrogen) atoms. The van der Waals surface area contributed by atoms with Gasteiger partial charge in [0.05, 0.1) is 0 Å². The van der Waals surface area contributed by atoms with Crippen LogP contribution in [-0.2, 0) is 17.8 Å². The molecule has 2 aromatic carbocycles. The van der Waals surface area contributed by atoms with E-state index < -0.39 is 0 Å². The maximum atomic E-state index is 12.7. The van der Waals surface area contributed by atoms with E-state index in [1.807, 2.05) is 0 Å². The van der Waals surface area contributed by atoms with Gasteiger partial charge in [0.2, 0.25) is 11.0 Å². The summed E-state index contributed by atoms with van der Waals surface area (Å²) in [5.74, 6) is 0.966. The molecule has 7 heteroatoms. The van der Waals surface area contributed by atoms with Crippen molar-refractivity contribution in [2.75, 3.05) is 24.5 Å². The number of rotatable bonds is 10. The average molecular weight is 492 g/mol. The number of anilines is 1. The zero-order valence-corrected chi connectivity index (χ0v) is 21.9. The third kappa shape index (κ3) is 7.61. The topological polar surface area (TPSA) is 61.4 Å². The summed E-state index contributed by atoms with van der Waals surface area (Å²) in [5, 5.41) is 4.16. The standard InChI is InChI=1S/C28H37N5OS/c1-21(2)33(28-30-26(31-35-28)19-23-11-9-22(3)10-12-23)18-15-27(34)29-25-13-16-32(17-14-25)20-24-7-5-4-6-8-24/h4-12,21,25H,13-20H2,1-3H3,(H,29,34). The van der Waals surface area contributed by atoms with Crippen molar-refractivity contribution in [2.45, 2.75) is 65.1 Å². The second kappa shape index (κ2) is 12.3. The predicted octanol–water partition coefficient (Wildman–Crippen LogP) is 4.82. The summed E-state index contributed by atoms with van der Waals surface area (Å²) in [7, 11) is 0. The van der Waals surface area contributed by atoms with Gasteiger partial charge in [-0.1, -0.05) is 60.2 Å². The minimum Gasteiger partial charge on any atom is -0.353 e. The number of amides is 1. The van der Waals surface area contributed by atoms with E-state index in [9.17, 15) is 4.79 Å². The number of carbonyl (C=O) groups excluding carboxylic acids is 1. The molecule has 186 valence electrons. The van der Waals surface area contributed by atoms with Crippen LogP contribution in [0.5, 0.6) is 0 Å². The van der Waals surface area contributed by atoms with Crippen LogP contribution >= 0.6 is 11.5 Å². The number of carbonyl (C=O) groups is 1. The Kier molecular flexibility index (Phi) is 8.88. The molecule has 6 nitrogen and oxygen atoms in total. The number of nitrogens with zero attached hydrogens (tertiary/aromatic N) is 4. The maximum absolute atomic E-state index is 12.7. The van der Waals surface area contributed by atoms with Crippen LogP contribution in [0.25, 0.3) is 0 Å². The molecule has 0 atom stereocenters. The summed E-state index contributed by atoms with van der Waals surface area (Å²) in [5.41, 5.74) is 3.82. The monoisotopic (exact) mass is 491 g/mol. The zero-order chi connectivity index (χ0) is 24.6. The normalized spacial score (nSPS) is 14.9. The highest BCUT2D eigenvalue weighted by molar-refractivity contribution is 7.09. The van der Waals surface area contributed by atoms with E-state index in [4.69, 9.17) is 4.98 Å². The van der Waals surface area contributed by atoms with Crippen LogP contribution < -0.4 is 10.2 Å². The van der Waals surface area contributed by atoms with Gasteiger partial charge in [0.25, 0.3) is 0 Å². The van der Waals surface area contributed by atoms with Crippen molar-refractivity contribution in [1.82, 2.24) is 19.6 Å². The first-order chi connectivity index (χ1) is 17.0. The van der Waals surface area contributed by atoms with Gasteiger partial charge in [-0.3, -0.25) is 9.69 Å². The van der Waals surface area contributed by atoms with Gasteiger partial charge in [-0.25, -0.2) is 4.98 Å². The minimum atomic E-state index is 0.126. The summed E-state index contributed by atoms with van der Waals surface area (Å²) in [6, 6.07) is 19.6.